The van der Waals surface area contributed by atoms with Gasteiger partial charge in [-0.25, -0.2) is 4.79 Å². The molecule has 1 N–H and O–H groups in total. The second kappa shape index (κ2) is 10.4. The lowest BCUT2D eigenvalue weighted by atomic mass is 9.97. The number of benzene rings is 1. The van der Waals surface area contributed by atoms with E-state index in [4.69, 9.17) is 9.47 Å². The van der Waals surface area contributed by atoms with Crippen molar-refractivity contribution < 1.29 is 14.3 Å². The van der Waals surface area contributed by atoms with Crippen LogP contribution in [-0.2, 0) is 6.54 Å². The highest BCUT2D eigenvalue weighted by Gasteiger charge is 2.21. The fourth-order valence-corrected chi connectivity index (χ4v) is 3.89. The normalized spacial score (nSPS) is 17.8. The van der Waals surface area contributed by atoms with Gasteiger partial charge in [-0.2, -0.15) is 0 Å². The molecule has 0 radical (unpaired) electrons. The number of ether oxygens (including phenoxy) is 2. The van der Waals surface area contributed by atoms with Crippen LogP contribution in [0.3, 0.4) is 0 Å². The van der Waals surface area contributed by atoms with Crippen LogP contribution >= 0.6 is 0 Å². The lowest BCUT2D eigenvalue weighted by Gasteiger charge is -2.35. The summed E-state index contributed by atoms with van der Waals surface area (Å²) in [7, 11) is 3.23. The molecule has 1 heterocycles. The number of carbonyl (C=O) groups is 1. The lowest BCUT2D eigenvalue weighted by Crippen LogP contribution is -2.51. The van der Waals surface area contributed by atoms with Crippen molar-refractivity contribution in [1.82, 2.24) is 15.1 Å². The first kappa shape index (κ1) is 20.5. The summed E-state index contributed by atoms with van der Waals surface area (Å²) in [4.78, 5) is 16.9. The molecule has 0 atom stereocenters. The number of carbonyl (C=O) groups excluding carboxylic acids is 1. The minimum atomic E-state index is 0.00410. The highest BCUT2D eigenvalue weighted by molar-refractivity contribution is 5.74. The molecule has 6 nitrogen and oxygen atoms in total. The fourth-order valence-electron chi connectivity index (χ4n) is 3.89. The maximum Gasteiger partial charge on any atom is 0.317 e. The SMILES string of the molecule is COc1ccc(CNC(=O)N2CCN(CCC3=CCCCC3)CC2)cc1OC. The van der Waals surface area contributed by atoms with Gasteiger partial charge in [0.15, 0.2) is 11.5 Å². The van der Waals surface area contributed by atoms with Gasteiger partial charge >= 0.3 is 6.03 Å². The van der Waals surface area contributed by atoms with Crippen LogP contribution in [0, 0.1) is 0 Å². The highest BCUT2D eigenvalue weighted by atomic mass is 16.5. The third kappa shape index (κ3) is 5.64. The molecule has 154 valence electrons. The Balaban J connectivity index is 1.39. The Hall–Kier alpha value is -2.21. The quantitative estimate of drug-likeness (QED) is 0.729. The molecule has 28 heavy (non-hydrogen) atoms. The van der Waals surface area contributed by atoms with Crippen molar-refractivity contribution in [3.05, 3.63) is 35.4 Å². The molecular formula is C22H33N3O3. The zero-order valence-electron chi connectivity index (χ0n) is 17.2. The Morgan fingerprint density at radius 2 is 1.86 bits per heavy atom. The minimum absolute atomic E-state index is 0.00410. The Kier molecular flexibility index (Phi) is 7.60. The first-order valence-corrected chi connectivity index (χ1v) is 10.3. The molecule has 1 aliphatic carbocycles. The van der Waals surface area contributed by atoms with E-state index in [1.165, 1.54) is 32.1 Å². The van der Waals surface area contributed by atoms with E-state index in [9.17, 15) is 4.79 Å². The summed E-state index contributed by atoms with van der Waals surface area (Å²) in [6.45, 7) is 5.09. The molecule has 0 unspecified atom stereocenters. The van der Waals surface area contributed by atoms with Gasteiger partial charge in [0, 0.05) is 39.3 Å². The molecule has 1 aromatic carbocycles. The predicted molar refractivity (Wildman–Crippen MR) is 111 cm³/mol. The largest absolute Gasteiger partial charge is 0.493 e. The zero-order valence-corrected chi connectivity index (χ0v) is 17.2. The van der Waals surface area contributed by atoms with E-state index in [0.29, 0.717) is 18.0 Å². The first-order valence-electron chi connectivity index (χ1n) is 10.3. The van der Waals surface area contributed by atoms with Crippen LogP contribution < -0.4 is 14.8 Å². The average molecular weight is 388 g/mol. The minimum Gasteiger partial charge on any atom is -0.493 e. The van der Waals surface area contributed by atoms with Crippen LogP contribution in [0.2, 0.25) is 0 Å². The second-order valence-electron chi connectivity index (χ2n) is 7.53. The molecule has 0 spiro atoms. The summed E-state index contributed by atoms with van der Waals surface area (Å²) >= 11 is 0. The molecular weight excluding hydrogens is 354 g/mol. The molecule has 3 rings (SSSR count). The molecule has 0 saturated carbocycles. The maximum atomic E-state index is 12.5. The molecule has 0 aromatic heterocycles. The number of allylic oxidation sites excluding steroid dienone is 1. The van der Waals surface area contributed by atoms with Gasteiger partial charge in [0.25, 0.3) is 0 Å². The summed E-state index contributed by atoms with van der Waals surface area (Å²) < 4.78 is 10.6. The van der Waals surface area contributed by atoms with Crippen molar-refractivity contribution >= 4 is 6.03 Å². The number of rotatable bonds is 7. The van der Waals surface area contributed by atoms with Gasteiger partial charge in [-0.3, -0.25) is 4.90 Å². The Labute approximate surface area is 168 Å². The average Bonchev–Trinajstić information content (AvgIpc) is 2.76. The number of methoxy groups -OCH3 is 2. The van der Waals surface area contributed by atoms with Crippen molar-refractivity contribution in [3.63, 3.8) is 0 Å². The van der Waals surface area contributed by atoms with Gasteiger partial charge in [0.1, 0.15) is 0 Å². The summed E-state index contributed by atoms with van der Waals surface area (Å²) in [6, 6.07) is 5.71. The maximum absolute atomic E-state index is 12.5. The van der Waals surface area contributed by atoms with Crippen LogP contribution in [0.15, 0.2) is 29.8 Å². The van der Waals surface area contributed by atoms with Crippen molar-refractivity contribution in [2.45, 2.75) is 38.6 Å². The third-order valence-corrected chi connectivity index (χ3v) is 5.69. The third-order valence-electron chi connectivity index (χ3n) is 5.69. The number of hydrogen-bond donors (Lipinski definition) is 1. The molecule has 2 amide bonds. The van der Waals surface area contributed by atoms with E-state index in [2.05, 4.69) is 16.3 Å². The number of piperazine rings is 1. The molecule has 1 aromatic rings. The number of urea groups is 1. The van der Waals surface area contributed by atoms with Crippen LogP contribution in [-0.4, -0.2) is 62.8 Å². The van der Waals surface area contributed by atoms with Crippen LogP contribution in [0.25, 0.3) is 0 Å². The smallest absolute Gasteiger partial charge is 0.317 e. The molecule has 0 bridgehead atoms. The van der Waals surface area contributed by atoms with Crippen molar-refractivity contribution in [1.29, 1.82) is 0 Å². The van der Waals surface area contributed by atoms with Crippen LogP contribution in [0.5, 0.6) is 11.5 Å². The topological polar surface area (TPSA) is 54.0 Å². The predicted octanol–water partition coefficient (Wildman–Crippen LogP) is 3.42. The van der Waals surface area contributed by atoms with E-state index in [0.717, 1.165) is 38.3 Å². The van der Waals surface area contributed by atoms with E-state index in [1.807, 2.05) is 23.1 Å². The van der Waals surface area contributed by atoms with Gasteiger partial charge in [0.05, 0.1) is 14.2 Å². The van der Waals surface area contributed by atoms with Gasteiger partial charge in [-0.15, -0.1) is 0 Å². The van der Waals surface area contributed by atoms with E-state index < -0.39 is 0 Å². The Morgan fingerprint density at radius 3 is 2.54 bits per heavy atom. The summed E-state index contributed by atoms with van der Waals surface area (Å²) in [6.07, 6.45) is 8.84. The Bertz CT molecular complexity index is 682. The number of amides is 2. The van der Waals surface area contributed by atoms with E-state index in [1.54, 1.807) is 19.8 Å². The summed E-state index contributed by atoms with van der Waals surface area (Å²) in [5.74, 6) is 1.37. The lowest BCUT2D eigenvalue weighted by molar-refractivity contribution is 0.139. The van der Waals surface area contributed by atoms with E-state index >= 15 is 0 Å². The van der Waals surface area contributed by atoms with Crippen LogP contribution in [0.4, 0.5) is 4.79 Å². The van der Waals surface area contributed by atoms with Gasteiger partial charge in [-0.05, 0) is 49.8 Å². The summed E-state index contributed by atoms with van der Waals surface area (Å²) in [5.41, 5.74) is 2.62. The molecule has 2 aliphatic rings. The van der Waals surface area contributed by atoms with Crippen molar-refractivity contribution in [2.24, 2.45) is 0 Å². The van der Waals surface area contributed by atoms with Gasteiger partial charge in [-0.1, -0.05) is 17.7 Å². The van der Waals surface area contributed by atoms with Gasteiger partial charge in [0.2, 0.25) is 0 Å². The van der Waals surface area contributed by atoms with Crippen molar-refractivity contribution in [2.75, 3.05) is 46.9 Å². The highest BCUT2D eigenvalue weighted by Crippen LogP contribution is 2.27. The van der Waals surface area contributed by atoms with Crippen LogP contribution in [0.1, 0.15) is 37.7 Å². The first-order chi connectivity index (χ1) is 13.7. The molecule has 1 aliphatic heterocycles. The molecule has 1 fully saturated rings. The van der Waals surface area contributed by atoms with E-state index in [-0.39, 0.29) is 6.03 Å². The Morgan fingerprint density at radius 1 is 1.07 bits per heavy atom. The number of hydrogen-bond acceptors (Lipinski definition) is 4. The number of nitrogens with zero attached hydrogens (tertiary/aromatic N) is 2. The molecule has 1 saturated heterocycles. The standard InChI is InChI=1S/C22H33N3O3/c1-27-20-9-8-19(16-21(20)28-2)17-23-22(26)25-14-12-24(13-15-25)11-10-18-6-4-3-5-7-18/h6,8-9,16H,3-5,7,10-15,17H2,1-2H3,(H,23,26). The van der Waals surface area contributed by atoms with Gasteiger partial charge < -0.3 is 19.7 Å². The fraction of sp³-hybridized carbons (Fsp3) is 0.591. The summed E-state index contributed by atoms with van der Waals surface area (Å²) in [5, 5.41) is 3.02. The second-order valence-corrected chi connectivity index (χ2v) is 7.53. The monoisotopic (exact) mass is 387 g/mol. The number of nitrogens with one attached hydrogen (secondary N) is 1. The van der Waals surface area contributed by atoms with Crippen molar-refractivity contribution in [3.8, 4) is 11.5 Å². The molecule has 6 heteroatoms. The zero-order chi connectivity index (χ0) is 19.8.